The van der Waals surface area contributed by atoms with Gasteiger partial charge in [0.15, 0.2) is 0 Å². The van der Waals surface area contributed by atoms with Gasteiger partial charge in [-0.3, -0.25) is 0 Å². The van der Waals surface area contributed by atoms with Crippen molar-refractivity contribution in [3.8, 4) is 11.1 Å². The molecule has 0 aromatic heterocycles. The molecular weight excluding hydrogens is 424 g/mol. The van der Waals surface area contributed by atoms with Gasteiger partial charge in [0.05, 0.1) is 6.04 Å². The van der Waals surface area contributed by atoms with Gasteiger partial charge >= 0.3 is 16.2 Å². The highest BCUT2D eigenvalue weighted by Gasteiger charge is 2.69. The van der Waals surface area contributed by atoms with Crippen molar-refractivity contribution in [1.29, 1.82) is 0 Å². The van der Waals surface area contributed by atoms with Crippen LogP contribution in [0.1, 0.15) is 25.3 Å². The monoisotopic (exact) mass is 455 g/mol. The number of hydrogen-bond acceptors (Lipinski definition) is 3. The molecule has 2 spiro atoms. The zero-order chi connectivity index (χ0) is 22.4. The molecule has 3 aliphatic heterocycles. The minimum atomic E-state index is -3.43. The van der Waals surface area contributed by atoms with Gasteiger partial charge in [-0.25, -0.2) is 4.79 Å². The quantitative estimate of drug-likeness (QED) is 0.549. The first-order valence-electron chi connectivity index (χ1n) is 11.5. The number of piperidine rings is 1. The molecule has 0 bridgehead atoms. The van der Waals surface area contributed by atoms with Crippen LogP contribution in [-0.2, 0) is 16.6 Å². The van der Waals surface area contributed by atoms with Crippen LogP contribution in [-0.4, -0.2) is 67.5 Å². The smallest absolute Gasteiger partial charge is 0.338 e. The maximum atomic E-state index is 13.0. The number of hydrogen-bond donors (Lipinski definition) is 2. The van der Waals surface area contributed by atoms with Gasteiger partial charge in [0.2, 0.25) is 0 Å². The molecule has 2 amide bonds. The van der Waals surface area contributed by atoms with Crippen LogP contribution in [0.5, 0.6) is 0 Å². The lowest BCUT2D eigenvalue weighted by Crippen LogP contribution is -2.66. The third kappa shape index (κ3) is 3.60. The molecule has 3 aliphatic rings. The number of amides is 2. The lowest BCUT2D eigenvalue weighted by atomic mass is 9.78. The summed E-state index contributed by atoms with van der Waals surface area (Å²) in [6.45, 7) is 4.95. The molecule has 3 saturated heterocycles. The number of benzene rings is 2. The predicted octanol–water partition coefficient (Wildman–Crippen LogP) is 2.51. The maximum Gasteiger partial charge on any atom is 0.371 e. The minimum absolute atomic E-state index is 0.112. The second-order valence-corrected chi connectivity index (χ2v) is 11.2. The lowest BCUT2D eigenvalue weighted by Gasteiger charge is -2.46. The van der Waals surface area contributed by atoms with Gasteiger partial charge in [0, 0.05) is 13.1 Å². The van der Waals surface area contributed by atoms with Crippen molar-refractivity contribution in [2.45, 2.75) is 37.8 Å². The van der Waals surface area contributed by atoms with Crippen LogP contribution in [0.2, 0.25) is 0 Å². The third-order valence-corrected chi connectivity index (χ3v) is 9.40. The topological polar surface area (TPSA) is 78.5 Å². The zero-order valence-corrected chi connectivity index (χ0v) is 19.3. The van der Waals surface area contributed by atoms with Crippen LogP contribution in [0.15, 0.2) is 54.6 Å². The molecule has 3 fully saturated rings. The Bertz CT molecular complexity index is 1120. The molecule has 0 saturated carbocycles. The Morgan fingerprint density at radius 2 is 1.91 bits per heavy atom. The van der Waals surface area contributed by atoms with E-state index >= 15 is 0 Å². The van der Waals surface area contributed by atoms with Crippen molar-refractivity contribution in [3.63, 3.8) is 0 Å². The maximum absolute atomic E-state index is 13.0. The Balaban J connectivity index is 1.51. The van der Waals surface area contributed by atoms with Gasteiger partial charge in [0.1, 0.15) is 25.2 Å². The first-order chi connectivity index (χ1) is 15.4. The molecule has 2 aromatic rings. The summed E-state index contributed by atoms with van der Waals surface area (Å²) >= 11 is 0. The molecular formula is C24H31N4O3S+. The molecule has 2 unspecified atom stereocenters. The Morgan fingerprint density at radius 3 is 2.59 bits per heavy atom. The molecule has 0 radical (unpaired) electrons. The normalized spacial score (nSPS) is 27.5. The van der Waals surface area contributed by atoms with Crippen LogP contribution < -0.4 is 10.0 Å². The fraction of sp³-hybridized carbons (Fsp3) is 0.458. The fourth-order valence-electron chi connectivity index (χ4n) is 5.52. The molecule has 8 heteroatoms. The number of quaternary nitrogens is 1. The van der Waals surface area contributed by atoms with Crippen molar-refractivity contribution >= 4 is 16.2 Å². The predicted molar refractivity (Wildman–Crippen MR) is 124 cm³/mol. The zero-order valence-electron chi connectivity index (χ0n) is 18.5. The van der Waals surface area contributed by atoms with Crippen molar-refractivity contribution in [1.82, 2.24) is 14.9 Å². The Kier molecular flexibility index (Phi) is 5.27. The van der Waals surface area contributed by atoms with E-state index in [1.165, 1.54) is 0 Å². The van der Waals surface area contributed by atoms with Crippen molar-refractivity contribution in [2.24, 2.45) is 0 Å². The van der Waals surface area contributed by atoms with Crippen molar-refractivity contribution in [2.75, 3.05) is 32.7 Å². The second kappa shape index (κ2) is 7.86. The summed E-state index contributed by atoms with van der Waals surface area (Å²) < 4.78 is 29.2. The number of nitrogens with one attached hydrogen (secondary N) is 2. The van der Waals surface area contributed by atoms with E-state index in [-0.39, 0.29) is 16.0 Å². The Hall–Kier alpha value is -2.42. The minimum Gasteiger partial charge on any atom is -0.338 e. The number of carbonyl (C=O) groups is 1. The number of nitrogens with zero attached hydrogens (tertiary/aromatic N) is 2. The highest BCUT2D eigenvalue weighted by atomic mass is 32.2. The summed E-state index contributed by atoms with van der Waals surface area (Å²) in [4.78, 5) is 14.9. The molecule has 170 valence electrons. The summed E-state index contributed by atoms with van der Waals surface area (Å²) in [5, 5.41) is 2.94. The molecule has 5 rings (SSSR count). The highest BCUT2D eigenvalue weighted by molar-refractivity contribution is 7.84. The number of urea groups is 1. The van der Waals surface area contributed by atoms with Crippen LogP contribution in [0.25, 0.3) is 11.1 Å². The van der Waals surface area contributed by atoms with E-state index < -0.39 is 15.7 Å². The van der Waals surface area contributed by atoms with E-state index in [2.05, 4.69) is 40.4 Å². The summed E-state index contributed by atoms with van der Waals surface area (Å²) in [7, 11) is -3.43. The van der Waals surface area contributed by atoms with Crippen LogP contribution in [0.3, 0.4) is 0 Å². The summed E-state index contributed by atoms with van der Waals surface area (Å²) in [5.41, 5.74) is 2.75. The number of rotatable bonds is 4. The molecule has 2 N–H and O–H groups in total. The highest BCUT2D eigenvalue weighted by Crippen LogP contribution is 2.44. The molecule has 2 atom stereocenters. The molecule has 3 heterocycles. The average Bonchev–Trinajstić information content (AvgIpc) is 3.53. The number of likely N-dealkylation sites (tertiary alicyclic amines) is 1. The van der Waals surface area contributed by atoms with Crippen LogP contribution in [0.4, 0.5) is 4.79 Å². The Morgan fingerprint density at radius 1 is 1.16 bits per heavy atom. The second-order valence-electron chi connectivity index (χ2n) is 9.32. The van der Waals surface area contributed by atoms with E-state index in [1.54, 1.807) is 0 Å². The third-order valence-electron chi connectivity index (χ3n) is 7.22. The van der Waals surface area contributed by atoms with Gasteiger partial charge in [-0.1, -0.05) is 54.6 Å². The van der Waals surface area contributed by atoms with E-state index in [4.69, 9.17) is 0 Å². The first-order valence-corrected chi connectivity index (χ1v) is 12.9. The average molecular weight is 456 g/mol. The number of carbonyl (C=O) groups excluding carboxylic acids is 1. The van der Waals surface area contributed by atoms with Gasteiger partial charge in [-0.15, -0.1) is 0 Å². The Labute approximate surface area is 190 Å². The first kappa shape index (κ1) is 21.4. The van der Waals surface area contributed by atoms with Gasteiger partial charge in [0.25, 0.3) is 0 Å². The summed E-state index contributed by atoms with van der Waals surface area (Å²) in [6, 6.07) is 18.2. The SMILES string of the molecule is CCNC(=O)N1CCCC2(C[N+]3(CC3)S(=O)(=O)N2)C1Cc1cccc(-c2ccccc2)c1. The van der Waals surface area contributed by atoms with Crippen LogP contribution >= 0.6 is 0 Å². The van der Waals surface area contributed by atoms with E-state index in [1.807, 2.05) is 36.1 Å². The standard InChI is InChI=1S/C24H30N4O3S/c1-2-25-23(29)27-13-7-12-24(18-28(14-15-28)32(30,31)26-24)22(27)17-19-8-6-11-21(16-19)20-9-4-3-5-10-20/h3-6,8-11,16,22,26H,2,7,12-15,17-18H2,1H3/p+1. The van der Waals surface area contributed by atoms with E-state index in [0.717, 1.165) is 29.5 Å². The summed E-state index contributed by atoms with van der Waals surface area (Å²) in [5.74, 6) is 0. The fourth-order valence-corrected chi connectivity index (χ4v) is 7.49. The largest absolute Gasteiger partial charge is 0.371 e. The van der Waals surface area contributed by atoms with E-state index in [9.17, 15) is 13.2 Å². The van der Waals surface area contributed by atoms with Gasteiger partial charge in [-0.05, 0) is 42.9 Å². The van der Waals surface area contributed by atoms with Crippen molar-refractivity contribution < 1.29 is 17.1 Å². The molecule has 0 aliphatic carbocycles. The van der Waals surface area contributed by atoms with Gasteiger partial charge < -0.3 is 10.2 Å². The van der Waals surface area contributed by atoms with E-state index in [0.29, 0.717) is 39.1 Å². The molecule has 7 nitrogen and oxygen atoms in total. The molecule has 2 aromatic carbocycles. The molecule has 32 heavy (non-hydrogen) atoms. The lowest BCUT2D eigenvalue weighted by molar-refractivity contribution is -0.659. The van der Waals surface area contributed by atoms with Crippen molar-refractivity contribution in [3.05, 3.63) is 60.2 Å². The summed E-state index contributed by atoms with van der Waals surface area (Å²) in [6.07, 6.45) is 2.16. The van der Waals surface area contributed by atoms with Crippen LogP contribution in [0, 0.1) is 0 Å². The van der Waals surface area contributed by atoms with Gasteiger partial charge in [-0.2, -0.15) is 17.0 Å².